The minimum Gasteiger partial charge on any atom is -0.317 e. The minimum atomic E-state index is 0.500. The van der Waals surface area contributed by atoms with Gasteiger partial charge in [0.2, 0.25) is 0 Å². The molecule has 0 aromatic carbocycles. The average Bonchev–Trinajstić information content (AvgIpc) is 2.76. The fourth-order valence-electron chi connectivity index (χ4n) is 2.48. The van der Waals surface area contributed by atoms with Crippen molar-refractivity contribution in [3.8, 4) is 0 Å². The van der Waals surface area contributed by atoms with Crippen LogP contribution in [0.15, 0.2) is 11.7 Å². The van der Waals surface area contributed by atoms with Gasteiger partial charge in [0, 0.05) is 17.1 Å². The van der Waals surface area contributed by atoms with Crippen LogP contribution >= 0.6 is 11.3 Å². The summed E-state index contributed by atoms with van der Waals surface area (Å²) in [6.45, 7) is 2.41. The van der Waals surface area contributed by atoms with Crippen LogP contribution in [0.5, 0.6) is 0 Å². The Labute approximate surface area is 89.8 Å². The highest BCUT2D eigenvalue weighted by atomic mass is 32.1. The van der Waals surface area contributed by atoms with Gasteiger partial charge in [-0.2, -0.15) is 0 Å². The molecule has 1 N–H and O–H groups in total. The van der Waals surface area contributed by atoms with Crippen LogP contribution in [0.4, 0.5) is 0 Å². The van der Waals surface area contributed by atoms with Crippen molar-refractivity contribution in [1.82, 2.24) is 10.3 Å². The molecule has 2 rings (SSSR count). The van der Waals surface area contributed by atoms with E-state index in [0.29, 0.717) is 5.41 Å². The number of hydrogen-bond donors (Lipinski definition) is 1. The molecule has 1 fully saturated rings. The van der Waals surface area contributed by atoms with E-state index >= 15 is 0 Å². The van der Waals surface area contributed by atoms with Gasteiger partial charge in [-0.15, -0.1) is 11.3 Å². The van der Waals surface area contributed by atoms with E-state index in [1.165, 1.54) is 30.6 Å². The fraction of sp³-hybridized carbons (Fsp3) is 0.727. The smallest absolute Gasteiger partial charge is 0.0794 e. The van der Waals surface area contributed by atoms with Crippen molar-refractivity contribution in [1.29, 1.82) is 0 Å². The van der Waals surface area contributed by atoms with Gasteiger partial charge in [0.15, 0.2) is 0 Å². The third kappa shape index (κ3) is 2.15. The Balaban J connectivity index is 1.97. The van der Waals surface area contributed by atoms with Crippen molar-refractivity contribution in [2.75, 3.05) is 7.05 Å². The summed E-state index contributed by atoms with van der Waals surface area (Å²) >= 11 is 1.79. The lowest BCUT2D eigenvalue weighted by Crippen LogP contribution is -2.24. The fourth-order valence-corrected chi connectivity index (χ4v) is 3.29. The second-order valence-corrected chi connectivity index (χ2v) is 5.65. The summed E-state index contributed by atoms with van der Waals surface area (Å²) < 4.78 is 0. The van der Waals surface area contributed by atoms with Gasteiger partial charge < -0.3 is 5.32 Å². The second-order valence-electron chi connectivity index (χ2n) is 4.68. The molecule has 0 bridgehead atoms. The molecule has 1 aromatic rings. The van der Waals surface area contributed by atoms with Gasteiger partial charge in [0.1, 0.15) is 0 Å². The maximum atomic E-state index is 4.14. The standard InChI is InChI=1S/C11H18N2S/c1-11(4-3-9(5-11)12-2)6-10-7-13-8-14-10/h7-9,12H,3-6H2,1-2H3. The molecule has 1 aliphatic rings. The van der Waals surface area contributed by atoms with Crippen molar-refractivity contribution < 1.29 is 0 Å². The minimum absolute atomic E-state index is 0.500. The van der Waals surface area contributed by atoms with E-state index in [-0.39, 0.29) is 0 Å². The molecule has 2 atom stereocenters. The predicted molar refractivity (Wildman–Crippen MR) is 60.6 cm³/mol. The highest BCUT2D eigenvalue weighted by Gasteiger charge is 2.34. The number of thiazole rings is 1. The highest BCUT2D eigenvalue weighted by molar-refractivity contribution is 7.09. The van der Waals surface area contributed by atoms with Crippen LogP contribution in [0, 0.1) is 5.41 Å². The molecule has 2 nitrogen and oxygen atoms in total. The van der Waals surface area contributed by atoms with Gasteiger partial charge in [-0.05, 0) is 38.1 Å². The topological polar surface area (TPSA) is 24.9 Å². The zero-order chi connectivity index (χ0) is 10.0. The molecule has 1 heterocycles. The third-order valence-corrected chi connectivity index (χ3v) is 4.11. The predicted octanol–water partition coefficient (Wildman–Crippen LogP) is 2.46. The zero-order valence-electron chi connectivity index (χ0n) is 8.92. The van der Waals surface area contributed by atoms with Gasteiger partial charge >= 0.3 is 0 Å². The van der Waals surface area contributed by atoms with Crippen LogP contribution in [0.25, 0.3) is 0 Å². The number of rotatable bonds is 3. The highest BCUT2D eigenvalue weighted by Crippen LogP contribution is 2.40. The molecule has 1 aliphatic carbocycles. The summed E-state index contributed by atoms with van der Waals surface area (Å²) in [7, 11) is 2.07. The molecule has 78 valence electrons. The first-order chi connectivity index (χ1) is 6.72. The first-order valence-corrected chi connectivity index (χ1v) is 6.14. The van der Waals surface area contributed by atoms with E-state index in [0.717, 1.165) is 6.04 Å². The number of hydrogen-bond acceptors (Lipinski definition) is 3. The van der Waals surface area contributed by atoms with Crippen LogP contribution in [0.2, 0.25) is 0 Å². The Morgan fingerprint density at radius 2 is 2.57 bits per heavy atom. The molecular weight excluding hydrogens is 192 g/mol. The molecule has 14 heavy (non-hydrogen) atoms. The van der Waals surface area contributed by atoms with E-state index in [1.54, 1.807) is 11.3 Å². The molecule has 0 radical (unpaired) electrons. The lowest BCUT2D eigenvalue weighted by Gasteiger charge is -2.23. The maximum absolute atomic E-state index is 4.14. The molecule has 0 amide bonds. The molecule has 0 aliphatic heterocycles. The van der Waals surface area contributed by atoms with Gasteiger partial charge in [-0.25, -0.2) is 0 Å². The Morgan fingerprint density at radius 1 is 1.71 bits per heavy atom. The van der Waals surface area contributed by atoms with Crippen molar-refractivity contribution >= 4 is 11.3 Å². The molecule has 0 spiro atoms. The first kappa shape index (κ1) is 10.1. The number of aromatic nitrogens is 1. The number of nitrogens with zero attached hydrogens (tertiary/aromatic N) is 1. The van der Waals surface area contributed by atoms with Gasteiger partial charge in [0.05, 0.1) is 5.51 Å². The monoisotopic (exact) mass is 210 g/mol. The normalized spacial score (nSPS) is 32.3. The molecule has 1 aromatic heterocycles. The van der Waals surface area contributed by atoms with Gasteiger partial charge in [-0.1, -0.05) is 6.92 Å². The lowest BCUT2D eigenvalue weighted by molar-refractivity contribution is 0.326. The summed E-state index contributed by atoms with van der Waals surface area (Å²) in [6, 6.07) is 0.730. The Bertz CT molecular complexity index is 283. The summed E-state index contributed by atoms with van der Waals surface area (Å²) in [5.74, 6) is 0. The first-order valence-electron chi connectivity index (χ1n) is 5.26. The van der Waals surface area contributed by atoms with E-state index in [1.807, 2.05) is 11.7 Å². The third-order valence-electron chi connectivity index (χ3n) is 3.33. The van der Waals surface area contributed by atoms with Crippen molar-refractivity contribution in [2.45, 2.75) is 38.6 Å². The Morgan fingerprint density at radius 3 is 3.14 bits per heavy atom. The van der Waals surface area contributed by atoms with E-state index in [4.69, 9.17) is 0 Å². The van der Waals surface area contributed by atoms with Crippen LogP contribution in [0.1, 0.15) is 31.1 Å². The number of nitrogens with one attached hydrogen (secondary N) is 1. The van der Waals surface area contributed by atoms with Crippen LogP contribution in [0.3, 0.4) is 0 Å². The van der Waals surface area contributed by atoms with Crippen LogP contribution < -0.4 is 5.32 Å². The Hall–Kier alpha value is -0.410. The quantitative estimate of drug-likeness (QED) is 0.829. The summed E-state index contributed by atoms with van der Waals surface area (Å²) in [5, 5.41) is 3.39. The lowest BCUT2D eigenvalue weighted by atomic mass is 9.84. The molecule has 2 unspecified atom stereocenters. The summed E-state index contributed by atoms with van der Waals surface area (Å²) in [5.41, 5.74) is 2.43. The van der Waals surface area contributed by atoms with E-state index < -0.39 is 0 Å². The van der Waals surface area contributed by atoms with E-state index in [9.17, 15) is 0 Å². The van der Waals surface area contributed by atoms with Crippen LogP contribution in [-0.2, 0) is 6.42 Å². The van der Waals surface area contributed by atoms with Crippen LogP contribution in [-0.4, -0.2) is 18.1 Å². The Kier molecular flexibility index (Phi) is 2.88. The largest absolute Gasteiger partial charge is 0.317 e. The van der Waals surface area contributed by atoms with Crippen molar-refractivity contribution in [3.63, 3.8) is 0 Å². The summed E-state index contributed by atoms with van der Waals surface area (Å²) in [4.78, 5) is 5.57. The zero-order valence-corrected chi connectivity index (χ0v) is 9.73. The SMILES string of the molecule is CNC1CCC(C)(Cc2cncs2)C1. The van der Waals surface area contributed by atoms with Gasteiger partial charge in [-0.3, -0.25) is 4.98 Å². The van der Waals surface area contributed by atoms with Crippen molar-refractivity contribution in [3.05, 3.63) is 16.6 Å². The molecular formula is C11H18N2S. The second kappa shape index (κ2) is 3.99. The van der Waals surface area contributed by atoms with Gasteiger partial charge in [0.25, 0.3) is 0 Å². The average molecular weight is 210 g/mol. The van der Waals surface area contributed by atoms with Crippen molar-refractivity contribution in [2.24, 2.45) is 5.41 Å². The molecule has 1 saturated carbocycles. The molecule has 3 heteroatoms. The maximum Gasteiger partial charge on any atom is 0.0794 e. The summed E-state index contributed by atoms with van der Waals surface area (Å²) in [6.07, 6.45) is 7.20. The van der Waals surface area contributed by atoms with E-state index in [2.05, 4.69) is 24.3 Å². The molecule has 0 saturated heterocycles.